The Morgan fingerprint density at radius 2 is 2.05 bits per heavy atom. The number of hydrogen-bond acceptors (Lipinski definition) is 6. The van der Waals surface area contributed by atoms with Gasteiger partial charge in [0.05, 0.1) is 25.2 Å². The first-order valence-electron chi connectivity index (χ1n) is 6.90. The molecule has 0 aromatic carbocycles. The fourth-order valence-electron chi connectivity index (χ4n) is 2.54. The van der Waals surface area contributed by atoms with Crippen LogP contribution in [0.4, 0.5) is 0 Å². The minimum absolute atomic E-state index is 0.0812. The van der Waals surface area contributed by atoms with Crippen LogP contribution < -0.4 is 5.73 Å². The molecule has 0 unspecified atom stereocenters. The molecule has 0 amide bonds. The maximum atomic E-state index is 5.90. The molecule has 1 saturated carbocycles. The van der Waals surface area contributed by atoms with Crippen LogP contribution >= 0.6 is 0 Å². The van der Waals surface area contributed by atoms with E-state index in [1.807, 2.05) is 0 Å². The van der Waals surface area contributed by atoms with E-state index in [4.69, 9.17) is 19.7 Å². The monoisotopic (exact) mass is 269 g/mol. The number of methoxy groups -OCH3 is 1. The lowest BCUT2D eigenvalue weighted by molar-refractivity contribution is 0.0714. The second kappa shape index (κ2) is 6.98. The maximum absolute atomic E-state index is 5.90. The molecule has 6 nitrogen and oxygen atoms in total. The number of ether oxygens (including phenoxy) is 2. The van der Waals surface area contributed by atoms with Gasteiger partial charge >= 0.3 is 0 Å². The van der Waals surface area contributed by atoms with Crippen LogP contribution in [0, 0.1) is 0 Å². The van der Waals surface area contributed by atoms with Gasteiger partial charge < -0.3 is 19.7 Å². The molecule has 2 rings (SSSR count). The van der Waals surface area contributed by atoms with Gasteiger partial charge in [0.1, 0.15) is 0 Å². The number of hydrogen-bond donors (Lipinski definition) is 1. The molecule has 0 aliphatic heterocycles. The van der Waals surface area contributed by atoms with Crippen molar-refractivity contribution in [3.8, 4) is 0 Å². The molecule has 0 spiro atoms. The minimum atomic E-state index is -0.0812. The number of rotatable bonds is 8. The Labute approximate surface area is 113 Å². The lowest BCUT2D eigenvalue weighted by atomic mass is 9.86. The van der Waals surface area contributed by atoms with E-state index < -0.39 is 0 Å². The van der Waals surface area contributed by atoms with Crippen molar-refractivity contribution in [1.82, 2.24) is 10.1 Å². The van der Waals surface area contributed by atoms with Crippen LogP contribution in [-0.4, -0.2) is 43.6 Å². The van der Waals surface area contributed by atoms with E-state index in [2.05, 4.69) is 10.1 Å². The van der Waals surface area contributed by atoms with Crippen molar-refractivity contribution in [1.29, 1.82) is 0 Å². The van der Waals surface area contributed by atoms with Crippen molar-refractivity contribution in [2.45, 2.75) is 37.5 Å². The average molecular weight is 269 g/mol. The Hall–Kier alpha value is -0.980. The summed E-state index contributed by atoms with van der Waals surface area (Å²) < 4.78 is 15.7. The van der Waals surface area contributed by atoms with Gasteiger partial charge in [-0.3, -0.25) is 0 Å². The number of nitrogens with zero attached hydrogens (tertiary/aromatic N) is 2. The third-order valence-corrected chi connectivity index (χ3v) is 3.77. The largest absolute Gasteiger partial charge is 0.382 e. The van der Waals surface area contributed by atoms with Crippen LogP contribution in [0.25, 0.3) is 0 Å². The number of nitrogens with two attached hydrogens (primary N) is 1. The van der Waals surface area contributed by atoms with Crippen molar-refractivity contribution in [2.24, 2.45) is 5.73 Å². The highest BCUT2D eigenvalue weighted by atomic mass is 16.5. The topological polar surface area (TPSA) is 83.4 Å². The van der Waals surface area contributed by atoms with E-state index in [1.165, 1.54) is 12.8 Å². The highest BCUT2D eigenvalue weighted by molar-refractivity contribution is 5.09. The normalized spacial score (nSPS) is 18.0. The fourth-order valence-corrected chi connectivity index (χ4v) is 2.54. The van der Waals surface area contributed by atoms with Gasteiger partial charge in [0.2, 0.25) is 5.89 Å². The molecule has 1 aliphatic carbocycles. The minimum Gasteiger partial charge on any atom is -0.382 e. The highest BCUT2D eigenvalue weighted by Crippen LogP contribution is 2.39. The third kappa shape index (κ3) is 3.52. The smallest absolute Gasteiger partial charge is 0.234 e. The van der Waals surface area contributed by atoms with Gasteiger partial charge in [-0.2, -0.15) is 4.98 Å². The molecule has 1 aromatic rings. The molecular weight excluding hydrogens is 246 g/mol. The summed E-state index contributed by atoms with van der Waals surface area (Å²) in [4.78, 5) is 4.48. The van der Waals surface area contributed by atoms with Crippen molar-refractivity contribution < 1.29 is 14.0 Å². The molecular formula is C13H23N3O3. The number of aromatic nitrogens is 2. The summed E-state index contributed by atoms with van der Waals surface area (Å²) >= 11 is 0. The van der Waals surface area contributed by atoms with Crippen molar-refractivity contribution in [3.05, 3.63) is 11.7 Å². The second-order valence-corrected chi connectivity index (χ2v) is 5.06. The first kappa shape index (κ1) is 14.4. The van der Waals surface area contributed by atoms with Gasteiger partial charge in [0.15, 0.2) is 5.82 Å². The van der Waals surface area contributed by atoms with Gasteiger partial charge in [-0.25, -0.2) is 0 Å². The van der Waals surface area contributed by atoms with Gasteiger partial charge in [0.25, 0.3) is 0 Å². The predicted octanol–water partition coefficient (Wildman–Crippen LogP) is 1.05. The standard InChI is InChI=1S/C13H23N3O3/c1-17-8-9-18-7-4-11-15-12(19-16-11)13(10-14)5-2-3-6-13/h2-10,14H2,1H3. The SMILES string of the molecule is COCCOCCc1noc(C2(CN)CCCC2)n1. The summed E-state index contributed by atoms with van der Waals surface area (Å²) in [5.41, 5.74) is 5.82. The fraction of sp³-hybridized carbons (Fsp3) is 0.846. The van der Waals surface area contributed by atoms with E-state index >= 15 is 0 Å². The van der Waals surface area contributed by atoms with Crippen LogP contribution in [0.1, 0.15) is 37.4 Å². The molecule has 2 N–H and O–H groups in total. The Morgan fingerprint density at radius 1 is 1.26 bits per heavy atom. The van der Waals surface area contributed by atoms with Crippen LogP contribution in [-0.2, 0) is 21.3 Å². The summed E-state index contributed by atoms with van der Waals surface area (Å²) in [6, 6.07) is 0. The maximum Gasteiger partial charge on any atom is 0.234 e. The van der Waals surface area contributed by atoms with Gasteiger partial charge in [-0.15, -0.1) is 0 Å². The molecule has 1 aromatic heterocycles. The Bertz CT molecular complexity index is 375. The summed E-state index contributed by atoms with van der Waals surface area (Å²) in [6.07, 6.45) is 5.14. The van der Waals surface area contributed by atoms with Crippen LogP contribution in [0.5, 0.6) is 0 Å². The molecule has 1 fully saturated rings. The van der Waals surface area contributed by atoms with E-state index in [0.29, 0.717) is 44.5 Å². The van der Waals surface area contributed by atoms with E-state index in [9.17, 15) is 0 Å². The summed E-state index contributed by atoms with van der Waals surface area (Å²) in [5, 5.41) is 4.02. The Kier molecular flexibility index (Phi) is 5.30. The molecule has 6 heteroatoms. The Balaban J connectivity index is 1.84. The van der Waals surface area contributed by atoms with Gasteiger partial charge in [0, 0.05) is 20.1 Å². The molecule has 0 bridgehead atoms. The average Bonchev–Trinajstić information content (AvgIpc) is 3.08. The van der Waals surface area contributed by atoms with E-state index in [0.717, 1.165) is 12.8 Å². The summed E-state index contributed by atoms with van der Waals surface area (Å²) in [7, 11) is 1.66. The van der Waals surface area contributed by atoms with Gasteiger partial charge in [-0.05, 0) is 12.8 Å². The quantitative estimate of drug-likeness (QED) is 0.710. The second-order valence-electron chi connectivity index (χ2n) is 5.06. The molecule has 0 atom stereocenters. The third-order valence-electron chi connectivity index (χ3n) is 3.77. The zero-order valence-corrected chi connectivity index (χ0v) is 11.6. The zero-order valence-electron chi connectivity index (χ0n) is 11.6. The van der Waals surface area contributed by atoms with Crippen molar-refractivity contribution in [2.75, 3.05) is 33.5 Å². The van der Waals surface area contributed by atoms with E-state index in [-0.39, 0.29) is 5.41 Å². The molecule has 108 valence electrons. The summed E-state index contributed by atoms with van der Waals surface area (Å²) in [5.74, 6) is 1.41. The van der Waals surface area contributed by atoms with Gasteiger partial charge in [-0.1, -0.05) is 18.0 Å². The zero-order chi connectivity index (χ0) is 13.6. The van der Waals surface area contributed by atoms with E-state index in [1.54, 1.807) is 7.11 Å². The highest BCUT2D eigenvalue weighted by Gasteiger charge is 2.39. The van der Waals surface area contributed by atoms with Crippen molar-refractivity contribution in [3.63, 3.8) is 0 Å². The van der Waals surface area contributed by atoms with Crippen LogP contribution in [0.15, 0.2) is 4.52 Å². The van der Waals surface area contributed by atoms with Crippen LogP contribution in [0.3, 0.4) is 0 Å². The van der Waals surface area contributed by atoms with Crippen LogP contribution in [0.2, 0.25) is 0 Å². The Morgan fingerprint density at radius 3 is 2.74 bits per heavy atom. The molecule has 0 radical (unpaired) electrons. The lowest BCUT2D eigenvalue weighted by Gasteiger charge is -2.21. The molecule has 19 heavy (non-hydrogen) atoms. The predicted molar refractivity (Wildman–Crippen MR) is 69.9 cm³/mol. The lowest BCUT2D eigenvalue weighted by Crippen LogP contribution is -2.32. The summed E-state index contributed by atoms with van der Waals surface area (Å²) in [6.45, 7) is 2.36. The first-order chi connectivity index (χ1) is 9.30. The molecule has 1 heterocycles. The molecule has 0 saturated heterocycles. The van der Waals surface area contributed by atoms with Crippen molar-refractivity contribution >= 4 is 0 Å². The molecule has 1 aliphatic rings. The first-order valence-corrected chi connectivity index (χ1v) is 6.90.